The molecule has 2 aromatic carbocycles. The highest BCUT2D eigenvalue weighted by Crippen LogP contribution is 2.26. The molecule has 7 heteroatoms. The van der Waals surface area contributed by atoms with Gasteiger partial charge in [0.15, 0.2) is 6.61 Å². The summed E-state index contributed by atoms with van der Waals surface area (Å²) in [6.07, 6.45) is 0. The number of anilines is 2. The first-order valence-electron chi connectivity index (χ1n) is 8.34. The Kier molecular flexibility index (Phi) is 5.63. The van der Waals surface area contributed by atoms with Crippen LogP contribution in [0, 0.1) is 0 Å². The third-order valence-corrected chi connectivity index (χ3v) is 4.62. The SMILES string of the molecule is Nc1ccc(C(=O)OCC(=O)N2CCN(c3ccccc3Cl)CC2)cc1. The molecule has 136 valence electrons. The summed E-state index contributed by atoms with van der Waals surface area (Å²) in [5.74, 6) is -0.736. The number of nitrogens with zero attached hydrogens (tertiary/aromatic N) is 2. The molecule has 1 fully saturated rings. The highest BCUT2D eigenvalue weighted by molar-refractivity contribution is 6.33. The first kappa shape index (κ1) is 18.1. The van der Waals surface area contributed by atoms with Gasteiger partial charge in [-0.3, -0.25) is 4.79 Å². The maximum absolute atomic E-state index is 12.3. The summed E-state index contributed by atoms with van der Waals surface area (Å²) in [7, 11) is 0. The van der Waals surface area contributed by atoms with Crippen LogP contribution in [0.2, 0.25) is 5.02 Å². The number of para-hydroxylation sites is 1. The van der Waals surface area contributed by atoms with Crippen molar-refractivity contribution < 1.29 is 14.3 Å². The summed E-state index contributed by atoms with van der Waals surface area (Å²) in [4.78, 5) is 28.1. The van der Waals surface area contributed by atoms with Gasteiger partial charge in [0.2, 0.25) is 0 Å². The lowest BCUT2D eigenvalue weighted by atomic mass is 10.2. The monoisotopic (exact) mass is 373 g/mol. The lowest BCUT2D eigenvalue weighted by Gasteiger charge is -2.36. The van der Waals surface area contributed by atoms with E-state index in [0.717, 1.165) is 5.69 Å². The Hall–Kier alpha value is -2.73. The summed E-state index contributed by atoms with van der Waals surface area (Å²) in [5, 5.41) is 0.699. The van der Waals surface area contributed by atoms with E-state index < -0.39 is 5.97 Å². The molecule has 1 heterocycles. The zero-order valence-corrected chi connectivity index (χ0v) is 15.0. The van der Waals surface area contributed by atoms with E-state index in [1.807, 2.05) is 24.3 Å². The van der Waals surface area contributed by atoms with Gasteiger partial charge < -0.3 is 20.3 Å². The van der Waals surface area contributed by atoms with Crippen LogP contribution in [0.3, 0.4) is 0 Å². The number of hydrogen-bond acceptors (Lipinski definition) is 5. The molecule has 0 radical (unpaired) electrons. The van der Waals surface area contributed by atoms with Crippen molar-refractivity contribution in [1.29, 1.82) is 0 Å². The van der Waals surface area contributed by atoms with Crippen LogP contribution in [0.15, 0.2) is 48.5 Å². The first-order valence-corrected chi connectivity index (χ1v) is 8.72. The summed E-state index contributed by atoms with van der Waals surface area (Å²) in [5.41, 5.74) is 7.49. The Morgan fingerprint density at radius 1 is 1.00 bits per heavy atom. The molecule has 0 saturated carbocycles. The Bertz CT molecular complexity index is 787. The second-order valence-corrected chi connectivity index (χ2v) is 6.42. The summed E-state index contributed by atoms with van der Waals surface area (Å²) >= 11 is 6.22. The number of carbonyl (C=O) groups is 2. The molecule has 0 unspecified atom stereocenters. The van der Waals surface area contributed by atoms with E-state index in [2.05, 4.69) is 4.90 Å². The van der Waals surface area contributed by atoms with Crippen LogP contribution < -0.4 is 10.6 Å². The molecule has 26 heavy (non-hydrogen) atoms. The molecule has 1 saturated heterocycles. The van der Waals surface area contributed by atoms with Gasteiger partial charge in [0.1, 0.15) is 0 Å². The van der Waals surface area contributed by atoms with Crippen molar-refractivity contribution in [3.63, 3.8) is 0 Å². The van der Waals surface area contributed by atoms with Crippen molar-refractivity contribution in [2.45, 2.75) is 0 Å². The van der Waals surface area contributed by atoms with Gasteiger partial charge in [0.05, 0.1) is 16.3 Å². The average molecular weight is 374 g/mol. The molecular formula is C19H20ClN3O3. The van der Waals surface area contributed by atoms with Gasteiger partial charge in [-0.25, -0.2) is 4.79 Å². The largest absolute Gasteiger partial charge is 0.452 e. The molecule has 3 rings (SSSR count). The molecule has 2 aromatic rings. The Morgan fingerprint density at radius 2 is 1.65 bits per heavy atom. The van der Waals surface area contributed by atoms with E-state index in [9.17, 15) is 9.59 Å². The second-order valence-electron chi connectivity index (χ2n) is 6.02. The van der Waals surface area contributed by atoms with Crippen LogP contribution in [-0.4, -0.2) is 49.6 Å². The Morgan fingerprint density at radius 3 is 2.31 bits per heavy atom. The van der Waals surface area contributed by atoms with Crippen molar-refractivity contribution in [2.75, 3.05) is 43.4 Å². The first-order chi connectivity index (χ1) is 12.5. The third kappa shape index (κ3) is 4.26. The number of benzene rings is 2. The Balaban J connectivity index is 1.48. The minimum atomic E-state index is -0.534. The smallest absolute Gasteiger partial charge is 0.338 e. The fourth-order valence-corrected chi connectivity index (χ4v) is 3.08. The average Bonchev–Trinajstić information content (AvgIpc) is 2.67. The van der Waals surface area contributed by atoms with Gasteiger partial charge in [-0.05, 0) is 36.4 Å². The third-order valence-electron chi connectivity index (χ3n) is 4.30. The predicted octanol–water partition coefficient (Wildman–Crippen LogP) is 2.43. The highest BCUT2D eigenvalue weighted by atomic mass is 35.5. The van der Waals surface area contributed by atoms with Crippen LogP contribution in [0.5, 0.6) is 0 Å². The highest BCUT2D eigenvalue weighted by Gasteiger charge is 2.23. The van der Waals surface area contributed by atoms with Gasteiger partial charge in [0.25, 0.3) is 5.91 Å². The van der Waals surface area contributed by atoms with Crippen LogP contribution in [0.1, 0.15) is 10.4 Å². The minimum Gasteiger partial charge on any atom is -0.452 e. The fraction of sp³-hybridized carbons (Fsp3) is 0.263. The molecule has 0 aliphatic carbocycles. The van der Waals surface area contributed by atoms with Crippen molar-refractivity contribution in [1.82, 2.24) is 4.90 Å². The summed E-state index contributed by atoms with van der Waals surface area (Å²) < 4.78 is 5.11. The number of nitrogens with two attached hydrogens (primary N) is 1. The standard InChI is InChI=1S/C19H20ClN3O3/c20-16-3-1-2-4-17(16)22-9-11-23(12-10-22)18(24)13-26-19(25)14-5-7-15(21)8-6-14/h1-8H,9-13,21H2. The lowest BCUT2D eigenvalue weighted by molar-refractivity contribution is -0.134. The number of piperazine rings is 1. The Labute approximate surface area is 157 Å². The van der Waals surface area contributed by atoms with E-state index >= 15 is 0 Å². The van der Waals surface area contributed by atoms with Gasteiger partial charge in [-0.2, -0.15) is 0 Å². The molecule has 1 aliphatic heterocycles. The van der Waals surface area contributed by atoms with Crippen molar-refractivity contribution in [3.05, 3.63) is 59.1 Å². The van der Waals surface area contributed by atoms with Crippen molar-refractivity contribution in [3.8, 4) is 0 Å². The van der Waals surface area contributed by atoms with Gasteiger partial charge >= 0.3 is 5.97 Å². The minimum absolute atomic E-state index is 0.201. The zero-order chi connectivity index (χ0) is 18.5. The maximum atomic E-state index is 12.3. The topological polar surface area (TPSA) is 75.9 Å². The zero-order valence-electron chi connectivity index (χ0n) is 14.2. The number of esters is 1. The normalized spacial score (nSPS) is 14.2. The summed E-state index contributed by atoms with van der Waals surface area (Å²) in [6.45, 7) is 2.21. The van der Waals surface area contributed by atoms with Crippen LogP contribution >= 0.6 is 11.6 Å². The molecule has 2 N–H and O–H groups in total. The van der Waals surface area contributed by atoms with E-state index in [1.165, 1.54) is 0 Å². The molecule has 1 amide bonds. The fourth-order valence-electron chi connectivity index (χ4n) is 2.83. The lowest BCUT2D eigenvalue weighted by Crippen LogP contribution is -2.50. The molecule has 0 spiro atoms. The van der Waals surface area contributed by atoms with E-state index in [-0.39, 0.29) is 12.5 Å². The number of halogens is 1. The van der Waals surface area contributed by atoms with E-state index in [0.29, 0.717) is 42.5 Å². The molecule has 0 bridgehead atoms. The van der Waals surface area contributed by atoms with E-state index in [4.69, 9.17) is 22.1 Å². The number of hydrogen-bond donors (Lipinski definition) is 1. The number of nitrogen functional groups attached to an aromatic ring is 1. The quantitative estimate of drug-likeness (QED) is 0.658. The molecular weight excluding hydrogens is 354 g/mol. The number of rotatable bonds is 4. The number of amides is 1. The van der Waals surface area contributed by atoms with Gasteiger partial charge in [-0.15, -0.1) is 0 Å². The van der Waals surface area contributed by atoms with E-state index in [1.54, 1.807) is 29.2 Å². The number of ether oxygens (including phenoxy) is 1. The summed E-state index contributed by atoms with van der Waals surface area (Å²) in [6, 6.07) is 14.0. The molecule has 1 aliphatic rings. The molecule has 0 aromatic heterocycles. The molecule has 6 nitrogen and oxygen atoms in total. The van der Waals surface area contributed by atoms with Gasteiger partial charge in [-0.1, -0.05) is 23.7 Å². The maximum Gasteiger partial charge on any atom is 0.338 e. The second kappa shape index (κ2) is 8.10. The van der Waals surface area contributed by atoms with Crippen molar-refractivity contribution >= 4 is 34.9 Å². The van der Waals surface area contributed by atoms with Crippen LogP contribution in [0.25, 0.3) is 0 Å². The number of carbonyl (C=O) groups excluding carboxylic acids is 2. The van der Waals surface area contributed by atoms with Gasteiger partial charge in [0, 0.05) is 31.9 Å². The predicted molar refractivity (Wildman–Crippen MR) is 101 cm³/mol. The molecule has 0 atom stereocenters. The van der Waals surface area contributed by atoms with Crippen LogP contribution in [0.4, 0.5) is 11.4 Å². The van der Waals surface area contributed by atoms with Crippen LogP contribution in [-0.2, 0) is 9.53 Å². The van der Waals surface area contributed by atoms with Crippen molar-refractivity contribution in [2.24, 2.45) is 0 Å².